The van der Waals surface area contributed by atoms with Gasteiger partial charge in [-0.15, -0.1) is 0 Å². The Hall–Kier alpha value is -6.98. The Morgan fingerprint density at radius 3 is 1.72 bits per heavy atom. The molecule has 4 heterocycles. The van der Waals surface area contributed by atoms with E-state index in [2.05, 4.69) is 30.8 Å². The molecule has 2 aromatic carbocycles. The fourth-order valence-electron chi connectivity index (χ4n) is 5.83. The number of hydrogen-bond acceptors (Lipinski definition) is 11. The Bertz CT molecular complexity index is 2400. The van der Waals surface area contributed by atoms with Crippen molar-refractivity contribution >= 4 is 58.0 Å². The molecule has 6 rings (SSSR count). The minimum atomic E-state index is -0.737. The molecular formula is C35H40N12O6. The Kier molecular flexibility index (Phi) is 10.9. The van der Waals surface area contributed by atoms with E-state index in [-0.39, 0.29) is 52.7 Å². The van der Waals surface area contributed by atoms with E-state index in [4.69, 9.17) is 11.5 Å². The van der Waals surface area contributed by atoms with Crippen molar-refractivity contribution in [2.24, 2.45) is 11.5 Å². The summed E-state index contributed by atoms with van der Waals surface area (Å²) in [4.78, 5) is 55.9. The smallest absolute Gasteiger partial charge is 0.276 e. The van der Waals surface area contributed by atoms with Gasteiger partial charge in [0.2, 0.25) is 23.7 Å². The number of nitrogens with two attached hydrogens (primary N) is 2. The van der Waals surface area contributed by atoms with Crippen molar-refractivity contribution in [3.8, 4) is 11.5 Å². The summed E-state index contributed by atoms with van der Waals surface area (Å²) in [6.45, 7) is 9.13. The standard InChI is InChI=1S/C28H30N10O5.C7H10N2O/c1-4-38-19(9-14(2)35-38)26(43)34-28-33-18-11-16(25(30)42)13-21(40)23(18)37(28)8-6-5-7-36-22-17(32-27(36)31-3)10-15(24(29)41)12-20(22)39;1-3-9-7(5-10)4-6(2)8-9/h5-6,9-13,39-40H,4,7-8H2,1-3H3,(H2,29,41)(H2,30,42)(H,31,32)(H,33,34,43);4-5H,3H2,1-2H3/b6-5+;. The zero-order valence-electron chi connectivity index (χ0n) is 29.8. The van der Waals surface area contributed by atoms with Crippen LogP contribution in [0.1, 0.15) is 66.9 Å². The summed E-state index contributed by atoms with van der Waals surface area (Å²) in [5.74, 6) is -1.70. The molecule has 18 heteroatoms. The quantitative estimate of drug-likeness (QED) is 0.0789. The van der Waals surface area contributed by atoms with Crippen LogP contribution in [0.4, 0.5) is 11.9 Å². The number of hydrogen-bond donors (Lipinski definition) is 6. The highest BCUT2D eigenvalue weighted by Gasteiger charge is 2.21. The predicted molar refractivity (Wildman–Crippen MR) is 197 cm³/mol. The third-order valence-corrected chi connectivity index (χ3v) is 8.19. The third kappa shape index (κ3) is 7.70. The summed E-state index contributed by atoms with van der Waals surface area (Å²) in [6.07, 6.45) is 4.40. The number of phenolic OH excluding ortho intramolecular Hbond substituents is 2. The molecule has 53 heavy (non-hydrogen) atoms. The number of benzene rings is 2. The van der Waals surface area contributed by atoms with Gasteiger partial charge in [-0.05, 0) is 64.1 Å². The molecule has 6 aromatic rings. The number of nitrogens with one attached hydrogen (secondary N) is 2. The molecule has 3 amide bonds. The molecule has 0 aliphatic carbocycles. The molecule has 4 aromatic heterocycles. The highest BCUT2D eigenvalue weighted by atomic mass is 16.3. The highest BCUT2D eigenvalue weighted by molar-refractivity contribution is 6.04. The first-order valence-electron chi connectivity index (χ1n) is 16.5. The van der Waals surface area contributed by atoms with Gasteiger partial charge in [-0.25, -0.2) is 9.97 Å². The third-order valence-electron chi connectivity index (χ3n) is 8.19. The van der Waals surface area contributed by atoms with Crippen molar-refractivity contribution in [2.45, 2.75) is 53.9 Å². The van der Waals surface area contributed by atoms with E-state index in [1.165, 1.54) is 24.3 Å². The van der Waals surface area contributed by atoms with Gasteiger partial charge in [0, 0.05) is 44.4 Å². The van der Waals surface area contributed by atoms with E-state index in [9.17, 15) is 29.4 Å². The van der Waals surface area contributed by atoms with Crippen LogP contribution in [0.15, 0.2) is 48.6 Å². The number of carbonyl (C=O) groups is 4. The fraction of sp³-hybridized carbons (Fsp3) is 0.257. The van der Waals surface area contributed by atoms with Crippen LogP contribution in [0.2, 0.25) is 0 Å². The molecule has 0 saturated carbocycles. The lowest BCUT2D eigenvalue weighted by Gasteiger charge is -2.10. The Labute approximate surface area is 302 Å². The SMILES string of the molecule is CCn1nc(C)cc1C(=O)Nc1nc2cc(C(N)=O)cc(O)c2n1C/C=C/Cn1c(NC)nc2cc(C(N)=O)cc(O)c21.CCn1nc(C)cc1C=O. The highest BCUT2D eigenvalue weighted by Crippen LogP contribution is 2.31. The molecule has 0 aliphatic heterocycles. The predicted octanol–water partition coefficient (Wildman–Crippen LogP) is 3.09. The molecule has 0 fully saturated rings. The summed E-state index contributed by atoms with van der Waals surface area (Å²) in [5.41, 5.74) is 14.9. The van der Waals surface area contributed by atoms with Crippen molar-refractivity contribution in [1.29, 1.82) is 0 Å². The molecule has 0 bridgehead atoms. The molecule has 0 saturated heterocycles. The van der Waals surface area contributed by atoms with E-state index >= 15 is 0 Å². The number of imidazole rings is 2. The van der Waals surface area contributed by atoms with E-state index in [1.54, 1.807) is 56.8 Å². The monoisotopic (exact) mass is 724 g/mol. The van der Waals surface area contributed by atoms with Crippen molar-refractivity contribution in [3.05, 3.63) is 82.5 Å². The zero-order chi connectivity index (χ0) is 38.6. The number of primary amides is 2. The number of aromatic hydroxyl groups is 2. The summed E-state index contributed by atoms with van der Waals surface area (Å²) in [6, 6.07) is 8.90. The minimum Gasteiger partial charge on any atom is -0.506 e. The average Bonchev–Trinajstić information content (AvgIpc) is 3.88. The number of anilines is 2. The molecule has 276 valence electrons. The van der Waals surface area contributed by atoms with Gasteiger partial charge in [0.15, 0.2) is 6.29 Å². The number of amides is 3. The minimum absolute atomic E-state index is 0.0636. The number of nitrogens with zero attached hydrogens (tertiary/aromatic N) is 8. The topological polar surface area (TPSA) is 256 Å². The van der Waals surface area contributed by atoms with Crippen LogP contribution >= 0.6 is 0 Å². The molecule has 0 spiro atoms. The summed E-state index contributed by atoms with van der Waals surface area (Å²) < 4.78 is 6.55. The maximum Gasteiger partial charge on any atom is 0.276 e. The normalized spacial score (nSPS) is 11.2. The van der Waals surface area contributed by atoms with Crippen molar-refractivity contribution in [3.63, 3.8) is 0 Å². The molecule has 0 atom stereocenters. The van der Waals surface area contributed by atoms with Gasteiger partial charge in [0.25, 0.3) is 5.91 Å². The van der Waals surface area contributed by atoms with Crippen LogP contribution < -0.4 is 22.1 Å². The Morgan fingerprint density at radius 2 is 1.25 bits per heavy atom. The van der Waals surface area contributed by atoms with Crippen LogP contribution in [0.3, 0.4) is 0 Å². The number of phenols is 2. The van der Waals surface area contributed by atoms with Crippen LogP contribution in [-0.4, -0.2) is 79.9 Å². The van der Waals surface area contributed by atoms with Gasteiger partial charge >= 0.3 is 0 Å². The van der Waals surface area contributed by atoms with Crippen LogP contribution in [0.5, 0.6) is 11.5 Å². The van der Waals surface area contributed by atoms with Gasteiger partial charge in [0.1, 0.15) is 33.9 Å². The van der Waals surface area contributed by atoms with Crippen LogP contribution in [-0.2, 0) is 26.2 Å². The van der Waals surface area contributed by atoms with Gasteiger partial charge in [0.05, 0.1) is 22.4 Å². The second-order valence-electron chi connectivity index (χ2n) is 11.9. The van der Waals surface area contributed by atoms with E-state index in [0.717, 1.165) is 18.5 Å². The van der Waals surface area contributed by atoms with Crippen molar-refractivity contribution < 1.29 is 29.4 Å². The van der Waals surface area contributed by atoms with Gasteiger partial charge in [-0.1, -0.05) is 12.2 Å². The van der Waals surface area contributed by atoms with Crippen molar-refractivity contribution in [1.82, 2.24) is 38.7 Å². The van der Waals surface area contributed by atoms with E-state index in [1.807, 2.05) is 20.8 Å². The fourth-order valence-corrected chi connectivity index (χ4v) is 5.83. The summed E-state index contributed by atoms with van der Waals surface area (Å²) in [5, 5.41) is 35.6. The molecule has 0 aliphatic rings. The lowest BCUT2D eigenvalue weighted by molar-refractivity contribution is 0.0991. The number of aryl methyl sites for hydroxylation is 4. The average molecular weight is 725 g/mol. The largest absolute Gasteiger partial charge is 0.506 e. The Balaban J connectivity index is 0.000000469. The number of fused-ring (bicyclic) bond motifs is 2. The molecule has 0 radical (unpaired) electrons. The Morgan fingerprint density at radius 1 is 0.755 bits per heavy atom. The number of allylic oxidation sites excluding steroid dienone is 2. The first-order valence-corrected chi connectivity index (χ1v) is 16.5. The van der Waals surface area contributed by atoms with E-state index in [0.29, 0.717) is 40.6 Å². The van der Waals surface area contributed by atoms with Gasteiger partial charge in [-0.2, -0.15) is 10.2 Å². The number of aromatic nitrogens is 8. The number of carbonyl (C=O) groups excluding carboxylic acids is 4. The van der Waals surface area contributed by atoms with E-state index < -0.39 is 17.7 Å². The lowest BCUT2D eigenvalue weighted by atomic mass is 10.1. The lowest BCUT2D eigenvalue weighted by Crippen LogP contribution is -2.19. The molecular weight excluding hydrogens is 684 g/mol. The van der Waals surface area contributed by atoms with Crippen LogP contribution in [0, 0.1) is 13.8 Å². The van der Waals surface area contributed by atoms with Crippen molar-refractivity contribution in [2.75, 3.05) is 17.7 Å². The number of aldehydes is 1. The maximum atomic E-state index is 13.2. The molecule has 18 nitrogen and oxygen atoms in total. The van der Waals surface area contributed by atoms with Gasteiger partial charge < -0.3 is 36.1 Å². The second-order valence-corrected chi connectivity index (χ2v) is 11.9. The van der Waals surface area contributed by atoms with Crippen LogP contribution in [0.25, 0.3) is 22.1 Å². The maximum absolute atomic E-state index is 13.2. The number of rotatable bonds is 12. The summed E-state index contributed by atoms with van der Waals surface area (Å²) in [7, 11) is 1.68. The molecule has 0 unspecified atom stereocenters. The zero-order valence-corrected chi connectivity index (χ0v) is 29.8. The first kappa shape index (κ1) is 37.3. The summed E-state index contributed by atoms with van der Waals surface area (Å²) >= 11 is 0. The second kappa shape index (κ2) is 15.5. The van der Waals surface area contributed by atoms with Gasteiger partial charge in [-0.3, -0.25) is 33.9 Å². The first-order chi connectivity index (χ1) is 25.3. The molecule has 8 N–H and O–H groups in total.